The second-order valence-electron chi connectivity index (χ2n) is 7.17. The number of hydrogen-bond donors (Lipinski definition) is 1. The molecule has 1 N–H and O–H groups in total. The smallest absolute Gasteiger partial charge is 0.338 e. The number of rotatable bonds is 5. The Balaban J connectivity index is 2.06. The number of benzene rings is 1. The van der Waals surface area contributed by atoms with Crippen LogP contribution in [0.2, 0.25) is 0 Å². The minimum atomic E-state index is -1.14. The molecule has 6 heteroatoms. The van der Waals surface area contributed by atoms with E-state index in [1.165, 1.54) is 7.11 Å². The lowest BCUT2D eigenvalue weighted by Gasteiger charge is -2.23. The molecule has 1 aromatic carbocycles. The molecule has 0 saturated carbocycles. The molecule has 1 heterocycles. The lowest BCUT2D eigenvalue weighted by Crippen LogP contribution is -2.43. The topological polar surface area (TPSA) is 76.1 Å². The van der Waals surface area contributed by atoms with Crippen LogP contribution in [-0.2, 0) is 20.8 Å². The van der Waals surface area contributed by atoms with Gasteiger partial charge in [0.1, 0.15) is 5.60 Å². The van der Waals surface area contributed by atoms with Crippen molar-refractivity contribution in [2.24, 2.45) is 0 Å². The summed E-state index contributed by atoms with van der Waals surface area (Å²) in [5.41, 5.74) is -0.238. The molecule has 0 bridgehead atoms. The highest BCUT2D eigenvalue weighted by Crippen LogP contribution is 2.26. The molecule has 1 fully saturated rings. The van der Waals surface area contributed by atoms with E-state index in [1.54, 1.807) is 12.1 Å². The number of likely N-dealkylation sites (tertiary alicyclic amines) is 1. The van der Waals surface area contributed by atoms with Crippen LogP contribution in [0.5, 0.6) is 0 Å². The summed E-state index contributed by atoms with van der Waals surface area (Å²) in [6.07, 6.45) is 0.449. The summed E-state index contributed by atoms with van der Waals surface area (Å²) in [7, 11) is 1.43. The van der Waals surface area contributed by atoms with Crippen LogP contribution in [0, 0.1) is 0 Å². The Labute approximate surface area is 142 Å². The van der Waals surface area contributed by atoms with Crippen molar-refractivity contribution in [1.29, 1.82) is 0 Å². The minimum Gasteiger partial charge on any atom is -0.479 e. The summed E-state index contributed by atoms with van der Waals surface area (Å²) < 4.78 is 10.6. The van der Waals surface area contributed by atoms with Crippen LogP contribution in [0.3, 0.4) is 0 Å². The van der Waals surface area contributed by atoms with Gasteiger partial charge in [-0.3, -0.25) is 4.90 Å². The third-order valence-electron chi connectivity index (χ3n) is 4.06. The van der Waals surface area contributed by atoms with Crippen LogP contribution in [0.4, 0.5) is 0 Å². The van der Waals surface area contributed by atoms with Gasteiger partial charge in [-0.1, -0.05) is 12.1 Å². The second-order valence-corrected chi connectivity index (χ2v) is 7.17. The molecule has 0 aliphatic carbocycles. The Kier molecular flexibility index (Phi) is 5.30. The fourth-order valence-electron chi connectivity index (χ4n) is 2.81. The van der Waals surface area contributed by atoms with Gasteiger partial charge in [0.15, 0.2) is 5.60 Å². The Morgan fingerprint density at radius 3 is 2.58 bits per heavy atom. The molecular weight excluding hydrogens is 310 g/mol. The van der Waals surface area contributed by atoms with Gasteiger partial charge >= 0.3 is 11.9 Å². The van der Waals surface area contributed by atoms with Gasteiger partial charge in [-0.2, -0.15) is 0 Å². The molecule has 0 amide bonds. The Morgan fingerprint density at radius 2 is 2.04 bits per heavy atom. The number of carbonyl (C=O) groups excluding carboxylic acids is 1. The third-order valence-corrected chi connectivity index (χ3v) is 4.06. The standard InChI is InChI=1S/C18H25NO5/c1-17(2,3)24-15(20)14-7-5-6-13(10-14)11-19-9-8-18(12-19,23-4)16(21)22/h5-7,10H,8-9,11-12H2,1-4H3,(H,21,22). The van der Waals surface area contributed by atoms with Crippen LogP contribution in [0.25, 0.3) is 0 Å². The number of aliphatic carboxylic acids is 1. The first-order chi connectivity index (χ1) is 11.1. The lowest BCUT2D eigenvalue weighted by atomic mass is 10.0. The number of methoxy groups -OCH3 is 1. The molecule has 132 valence electrons. The van der Waals surface area contributed by atoms with E-state index < -0.39 is 17.2 Å². The van der Waals surface area contributed by atoms with E-state index in [4.69, 9.17) is 9.47 Å². The minimum absolute atomic E-state index is 0.329. The van der Waals surface area contributed by atoms with Gasteiger partial charge in [0.25, 0.3) is 0 Å². The van der Waals surface area contributed by atoms with Gasteiger partial charge in [-0.15, -0.1) is 0 Å². The third kappa shape index (κ3) is 4.33. The number of ether oxygens (including phenoxy) is 2. The van der Waals surface area contributed by atoms with Gasteiger partial charge in [0.2, 0.25) is 0 Å². The lowest BCUT2D eigenvalue weighted by molar-refractivity contribution is -0.160. The molecule has 1 unspecified atom stereocenters. The molecule has 0 aromatic heterocycles. The van der Waals surface area contributed by atoms with Gasteiger partial charge in [0.05, 0.1) is 5.56 Å². The first-order valence-electron chi connectivity index (χ1n) is 7.98. The van der Waals surface area contributed by atoms with E-state index in [0.29, 0.717) is 31.6 Å². The van der Waals surface area contributed by atoms with Crippen molar-refractivity contribution in [3.05, 3.63) is 35.4 Å². The van der Waals surface area contributed by atoms with Crippen LogP contribution >= 0.6 is 0 Å². The zero-order chi connectivity index (χ0) is 18.0. The van der Waals surface area contributed by atoms with E-state index in [-0.39, 0.29) is 5.97 Å². The maximum atomic E-state index is 12.2. The molecule has 1 aromatic rings. The predicted octanol–water partition coefficient (Wildman–Crippen LogP) is 2.32. The van der Waals surface area contributed by atoms with Crippen LogP contribution in [0.15, 0.2) is 24.3 Å². The van der Waals surface area contributed by atoms with Crippen molar-refractivity contribution >= 4 is 11.9 Å². The Bertz CT molecular complexity index is 622. The summed E-state index contributed by atoms with van der Waals surface area (Å²) in [4.78, 5) is 25.6. The highest BCUT2D eigenvalue weighted by molar-refractivity contribution is 5.89. The van der Waals surface area contributed by atoms with Crippen molar-refractivity contribution in [1.82, 2.24) is 4.90 Å². The van der Waals surface area contributed by atoms with E-state index >= 15 is 0 Å². The monoisotopic (exact) mass is 335 g/mol. The van der Waals surface area contributed by atoms with Gasteiger partial charge in [0, 0.05) is 33.2 Å². The second kappa shape index (κ2) is 6.91. The zero-order valence-electron chi connectivity index (χ0n) is 14.7. The quantitative estimate of drug-likeness (QED) is 0.832. The molecule has 1 aliphatic heterocycles. The summed E-state index contributed by atoms with van der Waals surface area (Å²) in [5.74, 6) is -1.29. The number of carboxylic acid groups (broad SMARTS) is 1. The average Bonchev–Trinajstić information content (AvgIpc) is 2.90. The Morgan fingerprint density at radius 1 is 1.33 bits per heavy atom. The summed E-state index contributed by atoms with van der Waals surface area (Å²) in [5, 5.41) is 9.36. The maximum Gasteiger partial charge on any atom is 0.338 e. The normalized spacial score (nSPS) is 21.7. The maximum absolute atomic E-state index is 12.2. The van der Waals surface area contributed by atoms with Crippen molar-refractivity contribution in [2.75, 3.05) is 20.2 Å². The fourth-order valence-corrected chi connectivity index (χ4v) is 2.81. The van der Waals surface area contributed by atoms with Gasteiger partial charge in [-0.25, -0.2) is 9.59 Å². The molecule has 6 nitrogen and oxygen atoms in total. The van der Waals surface area contributed by atoms with Gasteiger partial charge in [-0.05, 0) is 38.5 Å². The highest BCUT2D eigenvalue weighted by atomic mass is 16.6. The van der Waals surface area contributed by atoms with Gasteiger partial charge < -0.3 is 14.6 Å². The predicted molar refractivity (Wildman–Crippen MR) is 88.9 cm³/mol. The zero-order valence-corrected chi connectivity index (χ0v) is 14.7. The van der Waals surface area contributed by atoms with Crippen molar-refractivity contribution in [3.63, 3.8) is 0 Å². The van der Waals surface area contributed by atoms with E-state index in [0.717, 1.165) is 5.56 Å². The SMILES string of the molecule is COC1(C(=O)O)CCN(Cc2cccc(C(=O)OC(C)(C)C)c2)C1. The summed E-state index contributed by atoms with van der Waals surface area (Å²) >= 11 is 0. The number of hydrogen-bond acceptors (Lipinski definition) is 5. The number of carboxylic acids is 1. The van der Waals surface area contributed by atoms with E-state index in [1.807, 2.05) is 37.8 Å². The van der Waals surface area contributed by atoms with Crippen molar-refractivity contribution < 1.29 is 24.2 Å². The molecule has 1 atom stereocenters. The summed E-state index contributed by atoms with van der Waals surface area (Å²) in [6.45, 7) is 7.01. The first kappa shape index (κ1) is 18.4. The summed E-state index contributed by atoms with van der Waals surface area (Å²) in [6, 6.07) is 7.24. The van der Waals surface area contributed by atoms with Crippen LogP contribution in [0.1, 0.15) is 43.1 Å². The average molecular weight is 335 g/mol. The van der Waals surface area contributed by atoms with Crippen molar-refractivity contribution in [2.45, 2.75) is 44.9 Å². The highest BCUT2D eigenvalue weighted by Gasteiger charge is 2.45. The van der Waals surface area contributed by atoms with E-state index in [2.05, 4.69) is 0 Å². The number of carbonyl (C=O) groups is 2. The molecule has 0 spiro atoms. The molecule has 1 saturated heterocycles. The molecule has 24 heavy (non-hydrogen) atoms. The Hall–Kier alpha value is -1.92. The van der Waals surface area contributed by atoms with E-state index in [9.17, 15) is 14.7 Å². The first-order valence-corrected chi connectivity index (χ1v) is 7.98. The van der Waals surface area contributed by atoms with Crippen molar-refractivity contribution in [3.8, 4) is 0 Å². The molecule has 0 radical (unpaired) electrons. The van der Waals surface area contributed by atoms with Crippen LogP contribution < -0.4 is 0 Å². The number of nitrogens with zero attached hydrogens (tertiary/aromatic N) is 1. The molecule has 1 aliphatic rings. The molecular formula is C18H25NO5. The fraction of sp³-hybridized carbons (Fsp3) is 0.556. The largest absolute Gasteiger partial charge is 0.479 e. The van der Waals surface area contributed by atoms with Crippen LogP contribution in [-0.4, -0.2) is 53.3 Å². The molecule has 2 rings (SSSR count). The number of esters is 1.